The van der Waals surface area contributed by atoms with Crippen molar-refractivity contribution in [3.05, 3.63) is 63.6 Å². The maximum atomic E-state index is 12.7. The molecule has 0 spiro atoms. The van der Waals surface area contributed by atoms with Crippen LogP contribution in [0.2, 0.25) is 0 Å². The molecule has 1 amide bonds. The fraction of sp³-hybridized carbons (Fsp3) is 0.364. The van der Waals surface area contributed by atoms with Crippen LogP contribution in [0.5, 0.6) is 11.5 Å². The zero-order chi connectivity index (χ0) is 21.3. The minimum atomic E-state index is -2.97. The number of pyridine rings is 1. The highest BCUT2D eigenvalue weighted by atomic mass is 19.3. The van der Waals surface area contributed by atoms with Crippen molar-refractivity contribution < 1.29 is 23.0 Å². The maximum Gasteiger partial charge on any atom is 0.387 e. The highest BCUT2D eigenvalue weighted by molar-refractivity contribution is 5.83. The van der Waals surface area contributed by atoms with E-state index in [4.69, 9.17) is 4.74 Å². The predicted octanol–water partition coefficient (Wildman–Crippen LogP) is 3.57. The zero-order valence-corrected chi connectivity index (χ0v) is 16.4. The molecule has 0 bridgehead atoms. The van der Waals surface area contributed by atoms with Gasteiger partial charge >= 0.3 is 6.61 Å². The lowest BCUT2D eigenvalue weighted by atomic mass is 9.98. The standard InChI is InChI=1S/C22H22F2N2O4/c1-29-19-10-13(4-8-18(19)30-22(23)24)16(11-14-5-9-20(27)25-14)17-7-6-15(12-2-3-12)21(28)26-17/h4,6-8,10-12,14,22H,2-3,5,9H2,1H3,(H,25,27)(H,26,28)/b16-11+/t14-/m1/s1. The van der Waals surface area contributed by atoms with Crippen molar-refractivity contribution in [1.29, 1.82) is 0 Å². The van der Waals surface area contributed by atoms with Crippen LogP contribution in [-0.2, 0) is 4.79 Å². The molecule has 1 saturated heterocycles. The van der Waals surface area contributed by atoms with Gasteiger partial charge in [0, 0.05) is 29.3 Å². The van der Waals surface area contributed by atoms with Gasteiger partial charge in [-0.15, -0.1) is 0 Å². The summed E-state index contributed by atoms with van der Waals surface area (Å²) in [6.07, 6.45) is 4.96. The molecule has 2 aliphatic rings. The summed E-state index contributed by atoms with van der Waals surface area (Å²) >= 11 is 0. The predicted molar refractivity (Wildman–Crippen MR) is 107 cm³/mol. The Morgan fingerprint density at radius 2 is 1.93 bits per heavy atom. The van der Waals surface area contributed by atoms with E-state index in [1.54, 1.807) is 12.1 Å². The van der Waals surface area contributed by atoms with Crippen molar-refractivity contribution in [2.45, 2.75) is 44.3 Å². The van der Waals surface area contributed by atoms with Gasteiger partial charge in [0.1, 0.15) is 0 Å². The van der Waals surface area contributed by atoms with Gasteiger partial charge in [0.2, 0.25) is 5.91 Å². The molecule has 4 rings (SSSR count). The Morgan fingerprint density at radius 3 is 2.53 bits per heavy atom. The summed E-state index contributed by atoms with van der Waals surface area (Å²) in [5.74, 6) is 0.343. The molecule has 2 aromatic rings. The molecule has 2 fully saturated rings. The number of hydrogen-bond acceptors (Lipinski definition) is 4. The van der Waals surface area contributed by atoms with Crippen LogP contribution in [0.4, 0.5) is 8.78 Å². The lowest BCUT2D eigenvalue weighted by molar-refractivity contribution is -0.119. The van der Waals surface area contributed by atoms with Crippen molar-refractivity contribution in [2.24, 2.45) is 0 Å². The SMILES string of the molecule is COc1cc(/C(=C\[C@H]2CCC(=O)N2)c2ccc(C3CC3)c(=O)[nH]2)ccc1OC(F)F. The van der Waals surface area contributed by atoms with Crippen LogP contribution in [0, 0.1) is 0 Å². The summed E-state index contributed by atoms with van der Waals surface area (Å²) < 4.78 is 35.0. The summed E-state index contributed by atoms with van der Waals surface area (Å²) in [4.78, 5) is 27.1. The monoisotopic (exact) mass is 416 g/mol. The van der Waals surface area contributed by atoms with Crippen LogP contribution in [0.25, 0.3) is 5.57 Å². The van der Waals surface area contributed by atoms with Crippen LogP contribution in [0.15, 0.2) is 41.2 Å². The van der Waals surface area contributed by atoms with Gasteiger partial charge in [-0.3, -0.25) is 9.59 Å². The van der Waals surface area contributed by atoms with Gasteiger partial charge in [0.25, 0.3) is 5.56 Å². The van der Waals surface area contributed by atoms with E-state index < -0.39 is 6.61 Å². The molecule has 1 aromatic carbocycles. The third kappa shape index (κ3) is 4.37. The van der Waals surface area contributed by atoms with Gasteiger partial charge in [0.15, 0.2) is 11.5 Å². The Kier molecular flexibility index (Phi) is 5.57. The third-order valence-electron chi connectivity index (χ3n) is 5.33. The number of alkyl halides is 2. The van der Waals surface area contributed by atoms with E-state index in [2.05, 4.69) is 15.0 Å². The molecule has 2 N–H and O–H groups in total. The largest absolute Gasteiger partial charge is 0.493 e. The van der Waals surface area contributed by atoms with E-state index >= 15 is 0 Å². The van der Waals surface area contributed by atoms with E-state index in [1.165, 1.54) is 13.2 Å². The number of aromatic amines is 1. The number of halogens is 2. The molecule has 6 nitrogen and oxygen atoms in total. The number of nitrogens with one attached hydrogen (secondary N) is 2. The number of rotatable bonds is 7. The summed E-state index contributed by atoms with van der Waals surface area (Å²) in [5.41, 5.74) is 2.52. The number of benzene rings is 1. The average molecular weight is 416 g/mol. The summed E-state index contributed by atoms with van der Waals surface area (Å²) in [6.45, 7) is -2.97. The number of aromatic nitrogens is 1. The van der Waals surface area contributed by atoms with Gasteiger partial charge < -0.3 is 19.8 Å². The Balaban J connectivity index is 1.76. The first-order chi connectivity index (χ1) is 14.4. The topological polar surface area (TPSA) is 80.4 Å². The first-order valence-corrected chi connectivity index (χ1v) is 9.82. The van der Waals surface area contributed by atoms with Crippen molar-refractivity contribution in [2.75, 3.05) is 7.11 Å². The maximum absolute atomic E-state index is 12.7. The van der Waals surface area contributed by atoms with Gasteiger partial charge in [-0.2, -0.15) is 8.78 Å². The molecule has 1 saturated carbocycles. The van der Waals surface area contributed by atoms with Crippen molar-refractivity contribution >= 4 is 11.5 Å². The summed E-state index contributed by atoms with van der Waals surface area (Å²) in [7, 11) is 1.37. The second kappa shape index (κ2) is 8.30. The Morgan fingerprint density at radius 1 is 1.13 bits per heavy atom. The van der Waals surface area contributed by atoms with Crippen LogP contribution in [0.3, 0.4) is 0 Å². The summed E-state index contributed by atoms with van der Waals surface area (Å²) in [5, 5.41) is 2.88. The average Bonchev–Trinajstić information content (AvgIpc) is 3.47. The second-order valence-electron chi connectivity index (χ2n) is 7.47. The van der Waals surface area contributed by atoms with Crippen molar-refractivity contribution in [1.82, 2.24) is 10.3 Å². The molecule has 2 heterocycles. The molecule has 30 heavy (non-hydrogen) atoms. The number of carbonyl (C=O) groups is 1. The number of H-pyrrole nitrogens is 1. The first-order valence-electron chi connectivity index (χ1n) is 9.82. The lowest BCUT2D eigenvalue weighted by Gasteiger charge is -2.15. The number of carbonyl (C=O) groups excluding carboxylic acids is 1. The fourth-order valence-electron chi connectivity index (χ4n) is 3.69. The highest BCUT2D eigenvalue weighted by Crippen LogP contribution is 2.39. The van der Waals surface area contributed by atoms with Crippen molar-refractivity contribution in [3.8, 4) is 11.5 Å². The molecule has 1 aromatic heterocycles. The fourth-order valence-corrected chi connectivity index (χ4v) is 3.69. The second-order valence-corrected chi connectivity index (χ2v) is 7.47. The molecule has 158 valence electrons. The number of amides is 1. The van der Waals surface area contributed by atoms with E-state index in [9.17, 15) is 18.4 Å². The Hall–Kier alpha value is -3.16. The molecule has 0 radical (unpaired) electrons. The minimum Gasteiger partial charge on any atom is -0.493 e. The van der Waals surface area contributed by atoms with Gasteiger partial charge in [0.05, 0.1) is 7.11 Å². The zero-order valence-electron chi connectivity index (χ0n) is 16.4. The molecule has 1 atom stereocenters. The molecule has 0 unspecified atom stereocenters. The normalized spacial score (nSPS) is 19.1. The van der Waals surface area contributed by atoms with E-state index in [1.807, 2.05) is 18.2 Å². The smallest absolute Gasteiger partial charge is 0.387 e. The molecular weight excluding hydrogens is 394 g/mol. The van der Waals surface area contributed by atoms with E-state index in [0.717, 1.165) is 18.4 Å². The lowest BCUT2D eigenvalue weighted by Crippen LogP contribution is -2.23. The highest BCUT2D eigenvalue weighted by Gasteiger charge is 2.27. The number of methoxy groups -OCH3 is 1. The molecular formula is C22H22F2N2O4. The number of ether oxygens (including phenoxy) is 2. The van der Waals surface area contributed by atoms with Crippen LogP contribution in [0.1, 0.15) is 48.4 Å². The van der Waals surface area contributed by atoms with Gasteiger partial charge in [-0.05, 0) is 48.9 Å². The molecule has 1 aliphatic heterocycles. The first kappa shape index (κ1) is 20.1. The number of hydrogen-bond donors (Lipinski definition) is 2. The van der Waals surface area contributed by atoms with E-state index in [0.29, 0.717) is 35.6 Å². The Bertz CT molecular complexity index is 1040. The quantitative estimate of drug-likeness (QED) is 0.723. The van der Waals surface area contributed by atoms with Gasteiger partial charge in [-0.1, -0.05) is 18.2 Å². The Labute approximate surface area is 171 Å². The molecule has 1 aliphatic carbocycles. The van der Waals surface area contributed by atoms with Crippen LogP contribution < -0.4 is 20.3 Å². The summed E-state index contributed by atoms with van der Waals surface area (Å²) in [6, 6.07) is 8.08. The van der Waals surface area contributed by atoms with Gasteiger partial charge in [-0.25, -0.2) is 0 Å². The third-order valence-corrected chi connectivity index (χ3v) is 5.33. The molecule has 8 heteroatoms. The van der Waals surface area contributed by atoms with Crippen molar-refractivity contribution in [3.63, 3.8) is 0 Å². The van der Waals surface area contributed by atoms with Crippen LogP contribution in [-0.4, -0.2) is 30.7 Å². The van der Waals surface area contributed by atoms with E-state index in [-0.39, 0.29) is 29.0 Å². The van der Waals surface area contributed by atoms with Crippen LogP contribution >= 0.6 is 0 Å². The minimum absolute atomic E-state index is 0.0357.